The molecule has 1 atom stereocenters. The summed E-state index contributed by atoms with van der Waals surface area (Å²) in [5.74, 6) is 0.100. The first-order valence-corrected chi connectivity index (χ1v) is 9.88. The number of amides is 1. The number of fused-ring (bicyclic) bond motifs is 1. The molecule has 28 heavy (non-hydrogen) atoms. The number of nitrogens with one attached hydrogen (secondary N) is 1. The van der Waals surface area contributed by atoms with Crippen LogP contribution < -0.4 is 10.2 Å². The van der Waals surface area contributed by atoms with Crippen molar-refractivity contribution in [2.45, 2.75) is 38.3 Å². The Morgan fingerprint density at radius 2 is 1.93 bits per heavy atom. The average Bonchev–Trinajstić information content (AvgIpc) is 3.05. The van der Waals surface area contributed by atoms with Crippen LogP contribution in [0.4, 0.5) is 5.69 Å². The molecular weight excluding hydrogens is 354 g/mol. The summed E-state index contributed by atoms with van der Waals surface area (Å²) < 4.78 is 0. The second-order valence-corrected chi connectivity index (χ2v) is 7.30. The number of nitrogens with zero attached hydrogens (tertiary/aromatic N) is 2. The van der Waals surface area contributed by atoms with Crippen molar-refractivity contribution < 1.29 is 14.4 Å². The van der Waals surface area contributed by atoms with Gasteiger partial charge in [0, 0.05) is 36.8 Å². The van der Waals surface area contributed by atoms with E-state index in [4.69, 9.17) is 0 Å². The van der Waals surface area contributed by atoms with E-state index < -0.39 is 6.04 Å². The summed E-state index contributed by atoms with van der Waals surface area (Å²) in [4.78, 5) is 38.8. The van der Waals surface area contributed by atoms with Gasteiger partial charge in [0.15, 0.2) is 0 Å². The maximum absolute atomic E-state index is 12.6. The van der Waals surface area contributed by atoms with Gasteiger partial charge in [-0.25, -0.2) is 0 Å². The topological polar surface area (TPSA) is 69.7 Å². The number of piperidine rings is 1. The van der Waals surface area contributed by atoms with Crippen molar-refractivity contribution in [2.75, 3.05) is 32.1 Å². The van der Waals surface area contributed by atoms with Gasteiger partial charge in [-0.05, 0) is 63.5 Å². The van der Waals surface area contributed by atoms with Crippen LogP contribution in [0.15, 0.2) is 30.9 Å². The molecule has 0 aliphatic carbocycles. The van der Waals surface area contributed by atoms with Crippen LogP contribution in [0.5, 0.6) is 0 Å². The molecule has 6 heteroatoms. The van der Waals surface area contributed by atoms with Crippen molar-refractivity contribution >= 4 is 24.2 Å². The molecule has 1 unspecified atom stereocenters. The predicted molar refractivity (Wildman–Crippen MR) is 112 cm³/mol. The second kappa shape index (κ2) is 10.8. The number of aldehydes is 2. The van der Waals surface area contributed by atoms with E-state index in [-0.39, 0.29) is 11.8 Å². The Balaban J connectivity index is 0.000000878. The number of hydrogen-bond donors (Lipinski definition) is 1. The van der Waals surface area contributed by atoms with Gasteiger partial charge in [-0.1, -0.05) is 6.08 Å². The zero-order valence-electron chi connectivity index (χ0n) is 16.9. The lowest BCUT2D eigenvalue weighted by Crippen LogP contribution is -2.36. The van der Waals surface area contributed by atoms with Crippen LogP contribution in [0.1, 0.15) is 41.6 Å². The van der Waals surface area contributed by atoms with E-state index in [1.807, 2.05) is 26.2 Å². The highest BCUT2D eigenvalue weighted by Gasteiger charge is 2.32. The minimum atomic E-state index is -0.398. The third-order valence-corrected chi connectivity index (χ3v) is 5.24. The molecule has 1 amide bonds. The highest BCUT2D eigenvalue weighted by molar-refractivity contribution is 6.00. The standard InChI is InChI=1S/C20H24N2O3.C2H7N/c1-2-3-4-18(14-24)22-12-16-11-17(5-6-19(16)20(22)25)21-9-7-15(13-23)8-10-21;1-3-2/h2,5-6,11,13-15,18H,1,3-4,7-10,12H2;3H,1-2H3. The molecule has 1 aromatic carbocycles. The first kappa shape index (κ1) is 21.8. The van der Waals surface area contributed by atoms with E-state index in [0.717, 1.165) is 49.8 Å². The predicted octanol–water partition coefficient (Wildman–Crippen LogP) is 2.43. The molecule has 1 fully saturated rings. The van der Waals surface area contributed by atoms with Crippen molar-refractivity contribution in [2.24, 2.45) is 5.92 Å². The van der Waals surface area contributed by atoms with Gasteiger partial charge in [0.1, 0.15) is 12.6 Å². The lowest BCUT2D eigenvalue weighted by Gasteiger charge is -2.31. The van der Waals surface area contributed by atoms with Crippen LogP contribution in [0, 0.1) is 5.92 Å². The fourth-order valence-corrected chi connectivity index (χ4v) is 3.67. The largest absolute Gasteiger partial charge is 0.371 e. The van der Waals surface area contributed by atoms with Gasteiger partial charge >= 0.3 is 0 Å². The molecule has 6 nitrogen and oxygen atoms in total. The molecule has 1 N–H and O–H groups in total. The number of carbonyl (C=O) groups is 3. The molecule has 3 rings (SSSR count). The third-order valence-electron chi connectivity index (χ3n) is 5.24. The Bertz CT molecular complexity index is 696. The van der Waals surface area contributed by atoms with E-state index in [2.05, 4.69) is 22.9 Å². The highest BCUT2D eigenvalue weighted by Crippen LogP contribution is 2.31. The zero-order chi connectivity index (χ0) is 20.5. The average molecular weight is 386 g/mol. The van der Waals surface area contributed by atoms with E-state index >= 15 is 0 Å². The summed E-state index contributed by atoms with van der Waals surface area (Å²) in [6.45, 7) is 5.87. The molecule has 2 aliphatic rings. The van der Waals surface area contributed by atoms with Crippen LogP contribution >= 0.6 is 0 Å². The molecule has 2 heterocycles. The number of allylic oxidation sites excluding steroid dienone is 1. The number of benzene rings is 1. The molecular formula is C22H31N3O3. The molecule has 0 spiro atoms. The van der Waals surface area contributed by atoms with Crippen LogP contribution in [-0.4, -0.2) is 56.6 Å². The normalized spacial score (nSPS) is 17.4. The van der Waals surface area contributed by atoms with E-state index in [0.29, 0.717) is 24.9 Å². The van der Waals surface area contributed by atoms with Gasteiger partial charge < -0.3 is 24.7 Å². The summed E-state index contributed by atoms with van der Waals surface area (Å²) in [5, 5.41) is 2.75. The van der Waals surface area contributed by atoms with Crippen molar-refractivity contribution in [3.05, 3.63) is 42.0 Å². The number of hydrogen-bond acceptors (Lipinski definition) is 5. The fourth-order valence-electron chi connectivity index (χ4n) is 3.67. The Kier molecular flexibility index (Phi) is 8.39. The van der Waals surface area contributed by atoms with Gasteiger partial charge in [0.2, 0.25) is 0 Å². The third kappa shape index (κ3) is 5.07. The molecule has 0 saturated carbocycles. The molecule has 0 aromatic heterocycles. The van der Waals surface area contributed by atoms with Crippen LogP contribution in [-0.2, 0) is 16.1 Å². The van der Waals surface area contributed by atoms with Gasteiger partial charge in [-0.3, -0.25) is 4.79 Å². The lowest BCUT2D eigenvalue weighted by molar-refractivity contribution is -0.112. The maximum atomic E-state index is 12.6. The SMILES string of the molecule is C=CCCC(C=O)N1Cc2cc(N3CCC(C=O)CC3)ccc2C1=O.CNC. The Hall–Kier alpha value is -2.47. The Labute approximate surface area is 167 Å². The van der Waals surface area contributed by atoms with Crippen LogP contribution in [0.3, 0.4) is 0 Å². The Morgan fingerprint density at radius 3 is 2.50 bits per heavy atom. The van der Waals surface area contributed by atoms with Crippen molar-refractivity contribution in [3.63, 3.8) is 0 Å². The first-order valence-electron chi connectivity index (χ1n) is 9.88. The van der Waals surface area contributed by atoms with Crippen molar-refractivity contribution in [1.29, 1.82) is 0 Å². The first-order chi connectivity index (χ1) is 13.6. The highest BCUT2D eigenvalue weighted by atomic mass is 16.2. The summed E-state index contributed by atoms with van der Waals surface area (Å²) in [7, 11) is 3.75. The van der Waals surface area contributed by atoms with Gasteiger partial charge in [0.25, 0.3) is 5.91 Å². The summed E-state index contributed by atoms with van der Waals surface area (Å²) in [6.07, 6.45) is 6.75. The van der Waals surface area contributed by atoms with Crippen LogP contribution in [0.2, 0.25) is 0 Å². The lowest BCUT2D eigenvalue weighted by atomic mass is 9.97. The minimum Gasteiger partial charge on any atom is -0.371 e. The molecule has 2 aliphatic heterocycles. The van der Waals surface area contributed by atoms with E-state index in [9.17, 15) is 14.4 Å². The smallest absolute Gasteiger partial charge is 0.255 e. The molecule has 152 valence electrons. The second-order valence-electron chi connectivity index (χ2n) is 7.30. The Morgan fingerprint density at radius 1 is 1.25 bits per heavy atom. The zero-order valence-corrected chi connectivity index (χ0v) is 16.9. The van der Waals surface area contributed by atoms with Crippen LogP contribution in [0.25, 0.3) is 0 Å². The maximum Gasteiger partial charge on any atom is 0.255 e. The van der Waals surface area contributed by atoms with E-state index in [1.165, 1.54) is 0 Å². The van der Waals surface area contributed by atoms with E-state index in [1.54, 1.807) is 11.0 Å². The number of carbonyl (C=O) groups excluding carboxylic acids is 3. The summed E-state index contributed by atoms with van der Waals surface area (Å²) in [5.41, 5.74) is 2.76. The number of anilines is 1. The monoisotopic (exact) mass is 385 g/mol. The fraction of sp³-hybridized carbons (Fsp3) is 0.500. The minimum absolute atomic E-state index is 0.0672. The number of rotatable bonds is 7. The molecule has 0 bridgehead atoms. The van der Waals surface area contributed by atoms with Gasteiger partial charge in [-0.15, -0.1) is 6.58 Å². The summed E-state index contributed by atoms with van der Waals surface area (Å²) in [6, 6.07) is 5.50. The summed E-state index contributed by atoms with van der Waals surface area (Å²) >= 11 is 0. The molecule has 0 radical (unpaired) electrons. The molecule has 1 saturated heterocycles. The molecule has 1 aromatic rings. The van der Waals surface area contributed by atoms with Crippen molar-refractivity contribution in [1.82, 2.24) is 10.2 Å². The van der Waals surface area contributed by atoms with Gasteiger partial charge in [0.05, 0.1) is 6.04 Å². The van der Waals surface area contributed by atoms with Gasteiger partial charge in [-0.2, -0.15) is 0 Å². The van der Waals surface area contributed by atoms with Crippen molar-refractivity contribution in [3.8, 4) is 0 Å². The quantitative estimate of drug-likeness (QED) is 0.577.